The van der Waals surface area contributed by atoms with E-state index in [0.29, 0.717) is 30.4 Å². The van der Waals surface area contributed by atoms with Gasteiger partial charge in [0.2, 0.25) is 5.95 Å². The van der Waals surface area contributed by atoms with Gasteiger partial charge < -0.3 is 15.2 Å². The zero-order valence-electron chi connectivity index (χ0n) is 20.5. The molecule has 0 spiro atoms. The minimum Gasteiger partial charge on any atom is -0.390 e. The fourth-order valence-corrected chi connectivity index (χ4v) is 5.56. The second-order valence-corrected chi connectivity index (χ2v) is 10.9. The molecule has 3 aliphatic rings. The van der Waals surface area contributed by atoms with Crippen molar-refractivity contribution in [2.45, 2.75) is 63.6 Å². The van der Waals surface area contributed by atoms with Gasteiger partial charge in [0.15, 0.2) is 0 Å². The van der Waals surface area contributed by atoms with Crippen molar-refractivity contribution >= 4 is 27.8 Å². The Kier molecular flexibility index (Phi) is 5.98. The van der Waals surface area contributed by atoms with E-state index in [2.05, 4.69) is 33.4 Å². The highest BCUT2D eigenvalue weighted by Gasteiger charge is 2.31. The summed E-state index contributed by atoms with van der Waals surface area (Å²) in [5, 5.41) is 16.4. The van der Waals surface area contributed by atoms with Gasteiger partial charge in [0.1, 0.15) is 5.65 Å². The predicted molar refractivity (Wildman–Crippen MR) is 137 cm³/mol. The normalized spacial score (nSPS) is 25.8. The van der Waals surface area contributed by atoms with Crippen molar-refractivity contribution in [1.29, 1.82) is 0 Å². The van der Waals surface area contributed by atoms with Crippen LogP contribution in [0.3, 0.4) is 0 Å². The van der Waals surface area contributed by atoms with Gasteiger partial charge >= 0.3 is 0 Å². The van der Waals surface area contributed by atoms with E-state index in [9.17, 15) is 9.90 Å². The number of nitrogens with zero attached hydrogens (tertiary/aromatic N) is 4. The maximum absolute atomic E-state index is 14.0. The van der Waals surface area contributed by atoms with Crippen LogP contribution >= 0.6 is 0 Å². The van der Waals surface area contributed by atoms with E-state index in [1.54, 1.807) is 0 Å². The Hall–Kier alpha value is -2.55. The summed E-state index contributed by atoms with van der Waals surface area (Å²) in [7, 11) is 0. The van der Waals surface area contributed by atoms with Crippen LogP contribution in [0.1, 0.15) is 57.1 Å². The van der Waals surface area contributed by atoms with Crippen LogP contribution in [0.4, 0.5) is 5.95 Å². The molecule has 0 amide bonds. The number of hydrogen-bond acceptors (Lipinski definition) is 7. The number of hydrogen-bond donors (Lipinski definition) is 2. The van der Waals surface area contributed by atoms with Crippen LogP contribution in [0.25, 0.3) is 21.8 Å². The fourth-order valence-electron chi connectivity index (χ4n) is 5.56. The number of anilines is 1. The van der Waals surface area contributed by atoms with E-state index in [1.165, 1.54) is 12.8 Å². The zero-order chi connectivity index (χ0) is 24.0. The molecule has 8 nitrogen and oxygen atoms in total. The van der Waals surface area contributed by atoms with Crippen LogP contribution in [0.15, 0.2) is 29.2 Å². The minimum absolute atomic E-state index is 0.00899. The summed E-state index contributed by atoms with van der Waals surface area (Å²) < 4.78 is 7.38. The first-order valence-electron chi connectivity index (χ1n) is 13.1. The van der Waals surface area contributed by atoms with E-state index in [1.807, 2.05) is 17.7 Å². The van der Waals surface area contributed by atoms with Crippen molar-refractivity contribution in [3.05, 3.63) is 40.3 Å². The largest absolute Gasteiger partial charge is 0.390 e. The molecule has 0 bridgehead atoms. The van der Waals surface area contributed by atoms with Crippen molar-refractivity contribution in [2.24, 2.45) is 5.92 Å². The number of rotatable bonds is 6. The maximum Gasteiger partial charge on any atom is 0.260 e. The lowest BCUT2D eigenvalue weighted by Crippen LogP contribution is -2.36. The zero-order valence-corrected chi connectivity index (χ0v) is 20.5. The van der Waals surface area contributed by atoms with Gasteiger partial charge in [-0.2, -0.15) is 4.98 Å². The third-order valence-corrected chi connectivity index (χ3v) is 7.97. The van der Waals surface area contributed by atoms with Crippen LogP contribution in [0.5, 0.6) is 0 Å². The van der Waals surface area contributed by atoms with Crippen molar-refractivity contribution in [3.63, 3.8) is 0 Å². The maximum atomic E-state index is 14.0. The first kappa shape index (κ1) is 22.9. The van der Waals surface area contributed by atoms with Crippen molar-refractivity contribution in [2.75, 3.05) is 38.2 Å². The molecule has 3 aromatic rings. The van der Waals surface area contributed by atoms with Gasteiger partial charge in [-0.3, -0.25) is 14.3 Å². The molecule has 8 heteroatoms. The summed E-state index contributed by atoms with van der Waals surface area (Å²) in [4.78, 5) is 25.9. The van der Waals surface area contributed by atoms with Gasteiger partial charge in [0.25, 0.3) is 5.56 Å². The van der Waals surface area contributed by atoms with Gasteiger partial charge in [-0.15, -0.1) is 0 Å². The molecule has 1 saturated heterocycles. The number of ether oxygens (including phenoxy) is 1. The summed E-state index contributed by atoms with van der Waals surface area (Å²) in [5.74, 6) is 1.29. The van der Waals surface area contributed by atoms with Gasteiger partial charge in [-0.1, -0.05) is 12.1 Å². The van der Waals surface area contributed by atoms with Crippen LogP contribution in [0.2, 0.25) is 0 Å². The lowest BCUT2D eigenvalue weighted by Gasteiger charge is -2.34. The molecule has 186 valence electrons. The number of aromatic nitrogens is 3. The molecular weight excluding hydrogens is 442 g/mol. The Bertz CT molecular complexity index is 1280. The van der Waals surface area contributed by atoms with Crippen LogP contribution in [-0.2, 0) is 11.3 Å². The average molecular weight is 478 g/mol. The van der Waals surface area contributed by atoms with Crippen molar-refractivity contribution < 1.29 is 9.84 Å². The fraction of sp³-hybridized carbons (Fsp3) is 0.593. The van der Waals surface area contributed by atoms with E-state index < -0.39 is 5.60 Å². The number of aliphatic hydroxyl groups is 1. The lowest BCUT2D eigenvalue weighted by atomic mass is 9.83. The summed E-state index contributed by atoms with van der Waals surface area (Å²) in [5.41, 5.74) is 1.18. The highest BCUT2D eigenvalue weighted by molar-refractivity contribution is 6.04. The number of morpholine rings is 1. The molecule has 35 heavy (non-hydrogen) atoms. The lowest BCUT2D eigenvalue weighted by molar-refractivity contribution is 0.0100. The molecule has 3 fully saturated rings. The molecule has 3 heterocycles. The first-order valence-corrected chi connectivity index (χ1v) is 13.1. The van der Waals surface area contributed by atoms with E-state index in [-0.39, 0.29) is 11.6 Å². The molecule has 2 aliphatic carbocycles. The molecule has 0 unspecified atom stereocenters. The Morgan fingerprint density at radius 3 is 2.63 bits per heavy atom. The molecule has 2 saturated carbocycles. The molecule has 1 aliphatic heterocycles. The smallest absolute Gasteiger partial charge is 0.260 e. The predicted octanol–water partition coefficient (Wildman–Crippen LogP) is 3.46. The summed E-state index contributed by atoms with van der Waals surface area (Å²) in [6.07, 6.45) is 7.26. The van der Waals surface area contributed by atoms with E-state index >= 15 is 0 Å². The third kappa shape index (κ3) is 4.79. The second kappa shape index (κ2) is 9.15. The average Bonchev–Trinajstić information content (AvgIpc) is 3.69. The number of nitrogens with one attached hydrogen (secondary N) is 1. The Morgan fingerprint density at radius 2 is 1.89 bits per heavy atom. The van der Waals surface area contributed by atoms with Gasteiger partial charge in [-0.25, -0.2) is 4.98 Å². The van der Waals surface area contributed by atoms with Crippen molar-refractivity contribution in [1.82, 2.24) is 19.4 Å². The SMILES string of the molecule is C[C@]1(O)CC[C@H](n2c(=O)c3cc(CN4CCOCC4)ccc3c3cnc(NCC4CC4)nc32)CC1. The number of benzene rings is 1. The quantitative estimate of drug-likeness (QED) is 0.525. The van der Waals surface area contributed by atoms with Crippen molar-refractivity contribution in [3.8, 4) is 0 Å². The first-order chi connectivity index (χ1) is 17.0. The third-order valence-electron chi connectivity index (χ3n) is 7.97. The molecule has 1 aromatic carbocycles. The Labute approximate surface area is 205 Å². The van der Waals surface area contributed by atoms with Crippen LogP contribution in [-0.4, -0.2) is 63.0 Å². The minimum atomic E-state index is -0.663. The van der Waals surface area contributed by atoms with Gasteiger partial charge in [0, 0.05) is 49.2 Å². The molecule has 2 N–H and O–H groups in total. The topological polar surface area (TPSA) is 92.5 Å². The van der Waals surface area contributed by atoms with Gasteiger partial charge in [-0.05, 0) is 68.4 Å². The van der Waals surface area contributed by atoms with Gasteiger partial charge in [0.05, 0.1) is 18.8 Å². The molecule has 2 aromatic heterocycles. The van der Waals surface area contributed by atoms with Crippen LogP contribution in [0, 0.1) is 5.92 Å². The summed E-state index contributed by atoms with van der Waals surface area (Å²) in [6.45, 7) is 6.91. The second-order valence-electron chi connectivity index (χ2n) is 10.9. The molecular formula is C27H35N5O3. The highest BCUT2D eigenvalue weighted by Crippen LogP contribution is 2.36. The molecule has 6 rings (SSSR count). The summed E-state index contributed by atoms with van der Waals surface area (Å²) in [6, 6.07) is 6.26. The standard InChI is InChI=1S/C27H35N5O3/c1-27(34)8-6-20(7-9-27)32-24-23(16-29-26(30-24)28-15-18-2-3-18)21-5-4-19(14-22(21)25(32)33)17-31-10-12-35-13-11-31/h4-5,14,16,18,20,34H,2-3,6-13,15,17H2,1H3,(H,28,29,30)/t20-,27-. The molecule has 0 radical (unpaired) electrons. The van der Waals surface area contributed by atoms with E-state index in [0.717, 1.165) is 74.0 Å². The Morgan fingerprint density at radius 1 is 1.11 bits per heavy atom. The highest BCUT2D eigenvalue weighted by atomic mass is 16.5. The Balaban J connectivity index is 1.44. The van der Waals surface area contributed by atoms with E-state index in [4.69, 9.17) is 9.72 Å². The number of fused-ring (bicyclic) bond motifs is 3. The molecule has 0 atom stereocenters. The number of pyridine rings is 1. The monoisotopic (exact) mass is 477 g/mol. The van der Waals surface area contributed by atoms with Crippen LogP contribution < -0.4 is 10.9 Å². The summed E-state index contributed by atoms with van der Waals surface area (Å²) >= 11 is 0.